The summed E-state index contributed by atoms with van der Waals surface area (Å²) in [5.41, 5.74) is -5.34. The number of nitrogens with zero attached hydrogens (tertiary/aromatic N) is 2. The second-order valence-electron chi connectivity index (χ2n) is 18.1. The lowest BCUT2D eigenvalue weighted by atomic mass is 9.85. The van der Waals surface area contributed by atoms with E-state index in [0.29, 0.717) is 18.9 Å². The number of piperidine rings is 1. The summed E-state index contributed by atoms with van der Waals surface area (Å²) in [6.45, 7) is 12.5. The number of alkyl carbamates (subject to hydrolysis) is 1. The Bertz CT molecular complexity index is 2010. The number of benzene rings is 1. The Kier molecular flexibility index (Phi) is 13.1. The lowest BCUT2D eigenvalue weighted by Gasteiger charge is -2.36. The van der Waals surface area contributed by atoms with Gasteiger partial charge in [-0.3, -0.25) is 24.4 Å². The molecule has 2 aliphatic heterocycles. The van der Waals surface area contributed by atoms with Gasteiger partial charge in [-0.2, -0.15) is 26.3 Å². The first kappa shape index (κ1) is 47.3. The van der Waals surface area contributed by atoms with Crippen LogP contribution >= 0.6 is 0 Å². The van der Waals surface area contributed by atoms with Crippen molar-refractivity contribution in [3.05, 3.63) is 36.4 Å². The first-order chi connectivity index (χ1) is 27.9. The van der Waals surface area contributed by atoms with Gasteiger partial charge in [-0.15, -0.1) is 6.58 Å². The monoisotopic (exact) mass is 894 g/mol. The predicted molar refractivity (Wildman–Crippen MR) is 208 cm³/mol. The van der Waals surface area contributed by atoms with Crippen LogP contribution in [0.25, 0.3) is 0 Å². The van der Waals surface area contributed by atoms with Gasteiger partial charge in [0.05, 0.1) is 34.7 Å². The molecule has 5 rings (SSSR count). The molecule has 1 unspecified atom stereocenters. The molecule has 340 valence electrons. The zero-order valence-electron chi connectivity index (χ0n) is 34.6. The molecule has 4 aliphatic rings. The third kappa shape index (κ3) is 11.4. The van der Waals surface area contributed by atoms with Crippen molar-refractivity contribution in [1.82, 2.24) is 20.3 Å². The number of sulfonamides is 1. The van der Waals surface area contributed by atoms with Gasteiger partial charge in [-0.05, 0) is 76.5 Å². The van der Waals surface area contributed by atoms with Crippen molar-refractivity contribution in [2.45, 2.75) is 127 Å². The second kappa shape index (κ2) is 16.8. The van der Waals surface area contributed by atoms with Gasteiger partial charge in [-0.1, -0.05) is 26.8 Å². The van der Waals surface area contributed by atoms with Crippen LogP contribution in [0.1, 0.15) is 85.6 Å². The van der Waals surface area contributed by atoms with E-state index in [9.17, 15) is 58.7 Å². The van der Waals surface area contributed by atoms with Crippen LogP contribution in [0, 0.1) is 17.3 Å². The number of alkyl halides is 6. The zero-order valence-corrected chi connectivity index (χ0v) is 35.4. The van der Waals surface area contributed by atoms with Crippen LogP contribution in [0.4, 0.5) is 47.3 Å². The van der Waals surface area contributed by atoms with Crippen LogP contribution in [0.5, 0.6) is 0 Å². The van der Waals surface area contributed by atoms with E-state index in [2.05, 4.69) is 22.5 Å². The minimum Gasteiger partial charge on any atom is -0.444 e. The largest absolute Gasteiger partial charge is 0.444 e. The van der Waals surface area contributed by atoms with Crippen LogP contribution in [0.2, 0.25) is 0 Å². The highest BCUT2D eigenvalue weighted by Crippen LogP contribution is 2.46. The molecule has 0 radical (unpaired) electrons. The van der Waals surface area contributed by atoms with E-state index in [-0.39, 0.29) is 38.0 Å². The summed E-state index contributed by atoms with van der Waals surface area (Å²) < 4.78 is 120. The van der Waals surface area contributed by atoms with E-state index in [4.69, 9.17) is 9.47 Å². The summed E-state index contributed by atoms with van der Waals surface area (Å²) >= 11 is 0. The number of ether oxygens (including phenoxy) is 2. The van der Waals surface area contributed by atoms with Gasteiger partial charge in [0.25, 0.3) is 5.91 Å². The Labute approximate surface area is 349 Å². The molecule has 1 aromatic rings. The molecule has 2 aliphatic carbocycles. The van der Waals surface area contributed by atoms with Crippen LogP contribution in [-0.2, 0) is 40.1 Å². The van der Waals surface area contributed by atoms with Crippen LogP contribution < -0.4 is 25.6 Å². The number of halogens is 6. The van der Waals surface area contributed by atoms with E-state index < -0.39 is 128 Å². The minimum atomic E-state index is -4.87. The van der Waals surface area contributed by atoms with Crippen molar-refractivity contribution in [1.29, 1.82) is 0 Å². The topological polar surface area (TPSA) is 193 Å². The average Bonchev–Trinajstić information content (AvgIpc) is 4.05. The molecule has 15 nitrogen and oxygen atoms in total. The van der Waals surface area contributed by atoms with Gasteiger partial charge in [0.1, 0.15) is 29.3 Å². The average molecular weight is 895 g/mol. The maximum atomic E-state index is 14.4. The minimum absolute atomic E-state index is 0.000715. The molecule has 0 bridgehead atoms. The van der Waals surface area contributed by atoms with Gasteiger partial charge in [0.15, 0.2) is 0 Å². The van der Waals surface area contributed by atoms with Crippen molar-refractivity contribution >= 4 is 51.3 Å². The fourth-order valence-corrected chi connectivity index (χ4v) is 8.82. The van der Waals surface area contributed by atoms with Crippen LogP contribution in [0.3, 0.4) is 0 Å². The number of rotatable bonds is 11. The van der Waals surface area contributed by atoms with Gasteiger partial charge in [0, 0.05) is 25.4 Å². The fourth-order valence-electron chi connectivity index (χ4n) is 7.46. The second-order valence-corrected chi connectivity index (χ2v) is 20.0. The number of anilines is 2. The standard InChI is InChI=1S/C39H52F6N6O9S/c1-8-21-19-37(21,32(54)49-61(57,58)25-10-11-25)48-30(52)28-18-24(20-51(28)31(53)29(35(2,3)4)47-34(56)60-36(5,6)7)59-33(55)46-26-17-23(39(43,44)45)9-12-27(26)50-15-13-22(14-16-50)38(40,41)42/h8-9,12,17,21-22,24-25,28-29H,1,10-11,13-16,18-20H2,2-7H3,(H,46,55)(H,47,56)(H,48,52)(H,49,54)/t21?,24-,28+,29-,37-/m1/s1. The predicted octanol–water partition coefficient (Wildman–Crippen LogP) is 5.61. The van der Waals surface area contributed by atoms with Gasteiger partial charge in [-0.25, -0.2) is 18.0 Å². The molecule has 0 spiro atoms. The maximum absolute atomic E-state index is 14.4. The van der Waals surface area contributed by atoms with Crippen LogP contribution in [0.15, 0.2) is 30.9 Å². The molecule has 2 saturated carbocycles. The number of amides is 5. The third-order valence-electron chi connectivity index (χ3n) is 11.0. The zero-order chi connectivity index (χ0) is 45.7. The molecule has 4 fully saturated rings. The van der Waals surface area contributed by atoms with E-state index in [0.717, 1.165) is 17.0 Å². The van der Waals surface area contributed by atoms with Crippen molar-refractivity contribution in [2.24, 2.45) is 17.3 Å². The number of carbonyl (C=O) groups is 5. The van der Waals surface area contributed by atoms with Gasteiger partial charge < -0.3 is 29.9 Å². The highest BCUT2D eigenvalue weighted by molar-refractivity contribution is 7.91. The molecular weight excluding hydrogens is 843 g/mol. The molecule has 61 heavy (non-hydrogen) atoms. The van der Waals surface area contributed by atoms with E-state index >= 15 is 0 Å². The first-order valence-corrected chi connectivity index (χ1v) is 21.3. The normalized spacial score (nSPS) is 24.3. The fraction of sp³-hybridized carbons (Fsp3) is 0.667. The molecular formula is C39H52F6N6O9S. The Balaban J connectivity index is 1.41. The Morgan fingerprint density at radius 1 is 0.934 bits per heavy atom. The van der Waals surface area contributed by atoms with E-state index in [1.807, 2.05) is 4.72 Å². The number of nitrogens with one attached hydrogen (secondary N) is 4. The Morgan fingerprint density at radius 2 is 1.56 bits per heavy atom. The van der Waals surface area contributed by atoms with Crippen LogP contribution in [-0.4, -0.2) is 104 Å². The number of carbonyl (C=O) groups excluding carboxylic acids is 5. The van der Waals surface area contributed by atoms with E-state index in [1.165, 1.54) is 11.0 Å². The molecule has 1 aromatic carbocycles. The lowest BCUT2D eigenvalue weighted by molar-refractivity contribution is -0.179. The Morgan fingerprint density at radius 3 is 2.07 bits per heavy atom. The maximum Gasteiger partial charge on any atom is 0.416 e. The summed E-state index contributed by atoms with van der Waals surface area (Å²) in [6.07, 6.45) is -12.0. The highest BCUT2D eigenvalue weighted by atomic mass is 32.2. The molecule has 0 aromatic heterocycles. The number of hydrogen-bond donors (Lipinski definition) is 4. The van der Waals surface area contributed by atoms with Crippen molar-refractivity contribution in [3.63, 3.8) is 0 Å². The smallest absolute Gasteiger partial charge is 0.416 e. The highest BCUT2D eigenvalue weighted by Gasteiger charge is 2.62. The van der Waals surface area contributed by atoms with Gasteiger partial charge in [0.2, 0.25) is 21.8 Å². The summed E-state index contributed by atoms with van der Waals surface area (Å²) in [4.78, 5) is 71.0. The van der Waals surface area contributed by atoms with E-state index in [1.54, 1.807) is 41.5 Å². The summed E-state index contributed by atoms with van der Waals surface area (Å²) in [5.74, 6) is -5.11. The molecule has 2 saturated heterocycles. The molecule has 2 heterocycles. The molecule has 22 heteroatoms. The summed E-state index contributed by atoms with van der Waals surface area (Å²) in [5, 5.41) is 6.61. The van der Waals surface area contributed by atoms with Crippen molar-refractivity contribution < 1.29 is 68.2 Å². The quantitative estimate of drug-likeness (QED) is 0.160. The summed E-state index contributed by atoms with van der Waals surface area (Å²) in [6, 6.07) is -0.493. The van der Waals surface area contributed by atoms with Crippen molar-refractivity contribution in [3.8, 4) is 0 Å². The lowest BCUT2D eigenvalue weighted by Crippen LogP contribution is -2.60. The first-order valence-electron chi connectivity index (χ1n) is 19.8. The van der Waals surface area contributed by atoms with Gasteiger partial charge >= 0.3 is 24.5 Å². The number of hydrogen-bond acceptors (Lipinski definition) is 10. The Hall–Kier alpha value is -4.76. The van der Waals surface area contributed by atoms with Crippen molar-refractivity contribution in [2.75, 3.05) is 29.9 Å². The molecule has 4 N–H and O–H groups in total. The number of likely N-dealkylation sites (tertiary alicyclic amines) is 1. The molecule has 5 atom stereocenters. The SMILES string of the molecule is C=CC1C[C@]1(NC(=O)[C@@H]1C[C@@H](OC(=O)Nc2cc(C(F)(F)F)ccc2N2CCC(C(F)(F)F)CC2)CN1C(=O)[C@@H](NC(=O)OC(C)(C)C)C(C)(C)C)C(=O)NS(=O)(=O)C1CC1. The molecule has 5 amide bonds. The summed E-state index contributed by atoms with van der Waals surface area (Å²) in [7, 11) is -4.05. The third-order valence-corrected chi connectivity index (χ3v) is 12.8.